The van der Waals surface area contributed by atoms with E-state index >= 15 is 0 Å². The number of benzene rings is 3. The molecule has 2 N–H and O–H groups in total. The van der Waals surface area contributed by atoms with Gasteiger partial charge in [-0.3, -0.25) is 4.79 Å². The summed E-state index contributed by atoms with van der Waals surface area (Å²) in [7, 11) is -3.48. The van der Waals surface area contributed by atoms with Crippen LogP contribution in [0.5, 0.6) is 0 Å². The average molecular weight is 586 g/mol. The Morgan fingerprint density at radius 2 is 1.36 bits per heavy atom. The van der Waals surface area contributed by atoms with Crippen LogP contribution < -0.4 is 5.32 Å². The molecule has 8 nitrogen and oxygen atoms in total. The molecule has 0 spiro atoms. The standard InChI is InChI=1S/C33H35N3O5S/c1-21(2)42(40,41)28-16-12-25(13-17-28)31(37)36-29(32(38)39)18-22-6-8-24(9-7-22)30-34-19-26(20-35-30)23-10-14-27(15-11-23)33(3,4)5/h6-17,19-21,29H,18H2,1-5H3,(H,36,37)(H,38,39). The molecule has 0 saturated heterocycles. The molecule has 0 aliphatic rings. The van der Waals surface area contributed by atoms with E-state index in [4.69, 9.17) is 0 Å². The summed E-state index contributed by atoms with van der Waals surface area (Å²) in [6, 6.07) is 19.9. The molecule has 42 heavy (non-hydrogen) atoms. The van der Waals surface area contributed by atoms with Gasteiger partial charge in [0.1, 0.15) is 6.04 Å². The summed E-state index contributed by atoms with van der Waals surface area (Å²) in [6.07, 6.45) is 3.62. The first-order valence-electron chi connectivity index (χ1n) is 13.7. The van der Waals surface area contributed by atoms with E-state index in [1.165, 1.54) is 29.8 Å². The normalized spacial score (nSPS) is 12.6. The summed E-state index contributed by atoms with van der Waals surface area (Å²) < 4.78 is 24.6. The molecule has 9 heteroatoms. The van der Waals surface area contributed by atoms with Crippen molar-refractivity contribution in [1.82, 2.24) is 15.3 Å². The van der Waals surface area contributed by atoms with Gasteiger partial charge in [0, 0.05) is 35.5 Å². The Kier molecular flexibility index (Phi) is 8.92. The molecule has 0 radical (unpaired) electrons. The highest BCUT2D eigenvalue weighted by Gasteiger charge is 2.23. The molecule has 3 aromatic carbocycles. The molecule has 4 rings (SSSR count). The molecule has 1 aromatic heterocycles. The molecular weight excluding hydrogens is 550 g/mol. The predicted molar refractivity (Wildman–Crippen MR) is 163 cm³/mol. The number of carboxylic acids is 1. The maximum atomic E-state index is 12.7. The lowest BCUT2D eigenvalue weighted by Gasteiger charge is -2.19. The van der Waals surface area contributed by atoms with E-state index in [2.05, 4.69) is 60.3 Å². The molecule has 1 heterocycles. The fraction of sp³-hybridized carbons (Fsp3) is 0.273. The van der Waals surface area contributed by atoms with Gasteiger partial charge in [0.2, 0.25) is 0 Å². The summed E-state index contributed by atoms with van der Waals surface area (Å²) in [6.45, 7) is 9.68. The van der Waals surface area contributed by atoms with Gasteiger partial charge in [-0.2, -0.15) is 0 Å². The van der Waals surface area contributed by atoms with Crippen molar-refractivity contribution in [2.75, 3.05) is 0 Å². The zero-order valence-electron chi connectivity index (χ0n) is 24.3. The summed E-state index contributed by atoms with van der Waals surface area (Å²) in [5, 5.41) is 11.7. The van der Waals surface area contributed by atoms with Gasteiger partial charge in [0.15, 0.2) is 15.7 Å². The van der Waals surface area contributed by atoms with Crippen molar-refractivity contribution in [3.8, 4) is 22.5 Å². The predicted octanol–water partition coefficient (Wildman–Crippen LogP) is 5.72. The van der Waals surface area contributed by atoms with E-state index in [0.717, 1.165) is 16.7 Å². The molecule has 1 atom stereocenters. The van der Waals surface area contributed by atoms with Crippen molar-refractivity contribution < 1.29 is 23.1 Å². The minimum Gasteiger partial charge on any atom is -0.480 e. The smallest absolute Gasteiger partial charge is 0.326 e. The number of hydrogen-bond acceptors (Lipinski definition) is 6. The number of carboxylic acid groups (broad SMARTS) is 1. The van der Waals surface area contributed by atoms with E-state index in [0.29, 0.717) is 11.4 Å². The highest BCUT2D eigenvalue weighted by molar-refractivity contribution is 7.92. The largest absolute Gasteiger partial charge is 0.480 e. The Balaban J connectivity index is 1.41. The van der Waals surface area contributed by atoms with Crippen molar-refractivity contribution in [3.63, 3.8) is 0 Å². The van der Waals surface area contributed by atoms with Gasteiger partial charge in [-0.05, 0) is 60.2 Å². The lowest BCUT2D eigenvalue weighted by molar-refractivity contribution is -0.139. The number of carbonyl (C=O) groups is 2. The number of rotatable bonds is 9. The molecule has 1 amide bonds. The van der Waals surface area contributed by atoms with E-state index < -0.39 is 33.0 Å². The number of aromatic nitrogens is 2. The van der Waals surface area contributed by atoms with Crippen LogP contribution in [0, 0.1) is 0 Å². The Morgan fingerprint density at radius 1 is 0.810 bits per heavy atom. The van der Waals surface area contributed by atoms with Gasteiger partial charge in [0.25, 0.3) is 5.91 Å². The SMILES string of the molecule is CC(C)S(=O)(=O)c1ccc(C(=O)NC(Cc2ccc(-c3ncc(-c4ccc(C(C)(C)C)cc4)cn3)cc2)C(=O)O)cc1. The van der Waals surface area contributed by atoms with Crippen LogP contribution in [0.15, 0.2) is 90.1 Å². The van der Waals surface area contributed by atoms with E-state index in [9.17, 15) is 23.1 Å². The first-order chi connectivity index (χ1) is 19.8. The van der Waals surface area contributed by atoms with Crippen molar-refractivity contribution >= 4 is 21.7 Å². The molecule has 0 aliphatic heterocycles. The minimum absolute atomic E-state index is 0.0610. The summed E-state index contributed by atoms with van der Waals surface area (Å²) >= 11 is 0. The van der Waals surface area contributed by atoms with Crippen LogP contribution in [-0.4, -0.2) is 46.7 Å². The Bertz CT molecular complexity index is 1660. The van der Waals surface area contributed by atoms with Crippen LogP contribution in [0.4, 0.5) is 0 Å². The van der Waals surface area contributed by atoms with Crippen molar-refractivity contribution in [3.05, 3.63) is 102 Å². The van der Waals surface area contributed by atoms with Crippen LogP contribution in [0.2, 0.25) is 0 Å². The lowest BCUT2D eigenvalue weighted by Crippen LogP contribution is -2.42. The van der Waals surface area contributed by atoms with Crippen LogP contribution in [-0.2, 0) is 26.5 Å². The van der Waals surface area contributed by atoms with Crippen LogP contribution in [0.1, 0.15) is 56.1 Å². The molecule has 4 aromatic rings. The Labute approximate surface area is 246 Å². The van der Waals surface area contributed by atoms with E-state index in [1.54, 1.807) is 38.4 Å². The topological polar surface area (TPSA) is 126 Å². The Hall–Kier alpha value is -4.37. The fourth-order valence-corrected chi connectivity index (χ4v) is 5.38. The average Bonchev–Trinajstić information content (AvgIpc) is 2.97. The molecule has 218 valence electrons. The molecule has 0 fully saturated rings. The summed E-state index contributed by atoms with van der Waals surface area (Å²) in [5.41, 5.74) is 4.93. The molecule has 1 unspecified atom stereocenters. The summed E-state index contributed by atoms with van der Waals surface area (Å²) in [4.78, 5) is 33.8. The van der Waals surface area contributed by atoms with Gasteiger partial charge in [-0.25, -0.2) is 23.2 Å². The molecule has 0 aliphatic carbocycles. The van der Waals surface area contributed by atoms with Gasteiger partial charge in [-0.1, -0.05) is 69.3 Å². The first-order valence-corrected chi connectivity index (χ1v) is 15.2. The van der Waals surface area contributed by atoms with Crippen molar-refractivity contribution in [2.24, 2.45) is 0 Å². The lowest BCUT2D eigenvalue weighted by atomic mass is 9.86. The van der Waals surface area contributed by atoms with Crippen LogP contribution in [0.3, 0.4) is 0 Å². The maximum absolute atomic E-state index is 12.7. The zero-order valence-corrected chi connectivity index (χ0v) is 25.1. The second kappa shape index (κ2) is 12.2. The Morgan fingerprint density at radius 3 is 1.86 bits per heavy atom. The first kappa shape index (κ1) is 30.6. The number of nitrogens with zero attached hydrogens (tertiary/aromatic N) is 2. The number of sulfone groups is 1. The number of amides is 1. The zero-order chi connectivity index (χ0) is 30.7. The third-order valence-corrected chi connectivity index (χ3v) is 9.23. The van der Waals surface area contributed by atoms with E-state index in [-0.39, 0.29) is 22.3 Å². The van der Waals surface area contributed by atoms with Crippen LogP contribution >= 0.6 is 0 Å². The van der Waals surface area contributed by atoms with Crippen molar-refractivity contribution in [1.29, 1.82) is 0 Å². The second-order valence-corrected chi connectivity index (χ2v) is 14.0. The number of hydrogen-bond donors (Lipinski definition) is 2. The number of nitrogens with one attached hydrogen (secondary N) is 1. The third-order valence-electron chi connectivity index (χ3n) is 7.06. The third kappa shape index (κ3) is 7.09. The van der Waals surface area contributed by atoms with Gasteiger partial charge >= 0.3 is 5.97 Å². The van der Waals surface area contributed by atoms with Crippen LogP contribution in [0.25, 0.3) is 22.5 Å². The maximum Gasteiger partial charge on any atom is 0.326 e. The second-order valence-electron chi connectivity index (χ2n) is 11.5. The van der Waals surface area contributed by atoms with Gasteiger partial charge in [-0.15, -0.1) is 0 Å². The van der Waals surface area contributed by atoms with Gasteiger partial charge < -0.3 is 10.4 Å². The minimum atomic E-state index is -3.48. The quantitative estimate of drug-likeness (QED) is 0.257. The van der Waals surface area contributed by atoms with Gasteiger partial charge in [0.05, 0.1) is 10.1 Å². The molecule has 0 bridgehead atoms. The van der Waals surface area contributed by atoms with Crippen molar-refractivity contribution in [2.45, 2.75) is 62.6 Å². The number of aliphatic carboxylic acids is 1. The monoisotopic (exact) mass is 585 g/mol. The molecular formula is C33H35N3O5S. The fourth-order valence-electron chi connectivity index (χ4n) is 4.32. The highest BCUT2D eigenvalue weighted by Crippen LogP contribution is 2.26. The van der Waals surface area contributed by atoms with E-state index in [1.807, 2.05) is 12.1 Å². The number of carbonyl (C=O) groups excluding carboxylic acids is 1. The molecule has 0 saturated carbocycles. The summed E-state index contributed by atoms with van der Waals surface area (Å²) in [5.74, 6) is -1.24. The highest BCUT2D eigenvalue weighted by atomic mass is 32.2.